The van der Waals surface area contributed by atoms with Gasteiger partial charge in [0, 0.05) is 25.2 Å². The van der Waals surface area contributed by atoms with Gasteiger partial charge in [-0.05, 0) is 38.0 Å². The number of rotatable bonds is 4. The molecule has 0 radical (unpaired) electrons. The monoisotopic (exact) mass is 268 g/mol. The summed E-state index contributed by atoms with van der Waals surface area (Å²) < 4.78 is 26.4. The molecular formula is C14H18F2N2O. The smallest absolute Gasteiger partial charge is 0.239 e. The van der Waals surface area contributed by atoms with Gasteiger partial charge < -0.3 is 10.2 Å². The normalized spacial score (nSPS) is 16.7. The fraction of sp³-hybridized carbons (Fsp3) is 0.500. The number of nitrogens with one attached hydrogen (secondary N) is 1. The Bertz CT molecular complexity index is 459. The van der Waals surface area contributed by atoms with Gasteiger partial charge in [-0.3, -0.25) is 4.79 Å². The van der Waals surface area contributed by atoms with Crippen LogP contribution >= 0.6 is 0 Å². The van der Waals surface area contributed by atoms with E-state index in [2.05, 4.69) is 5.32 Å². The molecule has 19 heavy (non-hydrogen) atoms. The first-order valence-corrected chi connectivity index (χ1v) is 6.54. The Labute approximate surface area is 111 Å². The highest BCUT2D eigenvalue weighted by Crippen LogP contribution is 2.11. The predicted molar refractivity (Wildman–Crippen MR) is 68.5 cm³/mol. The molecule has 5 heteroatoms. The molecule has 3 nitrogen and oxygen atoms in total. The van der Waals surface area contributed by atoms with Crippen LogP contribution in [0.2, 0.25) is 0 Å². The number of nitrogens with zero attached hydrogens (tertiary/aromatic N) is 1. The Morgan fingerprint density at radius 2 is 2.05 bits per heavy atom. The third-order valence-corrected chi connectivity index (χ3v) is 3.39. The number of hydrogen-bond acceptors (Lipinski definition) is 2. The second-order valence-electron chi connectivity index (χ2n) is 4.87. The minimum atomic E-state index is -0.475. The lowest BCUT2D eigenvalue weighted by atomic mass is 10.2. The van der Waals surface area contributed by atoms with Gasteiger partial charge >= 0.3 is 0 Å². The largest absolute Gasteiger partial charge is 0.341 e. The Kier molecular flexibility index (Phi) is 4.47. The van der Waals surface area contributed by atoms with Gasteiger partial charge in [0.25, 0.3) is 0 Å². The van der Waals surface area contributed by atoms with Gasteiger partial charge in [-0.15, -0.1) is 0 Å². The minimum absolute atomic E-state index is 0.0225. The maximum atomic E-state index is 13.4. The zero-order valence-corrected chi connectivity index (χ0v) is 11.0. The number of likely N-dealkylation sites (tertiary alicyclic amines) is 1. The molecule has 0 bridgehead atoms. The highest BCUT2D eigenvalue weighted by molar-refractivity contribution is 5.81. The van der Waals surface area contributed by atoms with Crippen LogP contribution in [0.1, 0.15) is 25.3 Å². The first-order chi connectivity index (χ1) is 9.08. The van der Waals surface area contributed by atoms with Crippen molar-refractivity contribution in [3.63, 3.8) is 0 Å². The van der Waals surface area contributed by atoms with Crippen molar-refractivity contribution in [1.82, 2.24) is 10.2 Å². The molecule has 1 N–H and O–H groups in total. The fourth-order valence-corrected chi connectivity index (χ4v) is 2.24. The Morgan fingerprint density at radius 3 is 2.74 bits per heavy atom. The van der Waals surface area contributed by atoms with Crippen molar-refractivity contribution in [2.24, 2.45) is 0 Å². The molecule has 0 saturated carbocycles. The Morgan fingerprint density at radius 1 is 1.37 bits per heavy atom. The van der Waals surface area contributed by atoms with E-state index in [4.69, 9.17) is 0 Å². The number of hydrogen-bond donors (Lipinski definition) is 1. The van der Waals surface area contributed by atoms with E-state index in [1.807, 2.05) is 0 Å². The van der Waals surface area contributed by atoms with Crippen LogP contribution in [-0.2, 0) is 11.3 Å². The zero-order chi connectivity index (χ0) is 13.8. The van der Waals surface area contributed by atoms with E-state index in [1.165, 1.54) is 0 Å². The van der Waals surface area contributed by atoms with Gasteiger partial charge in [0.1, 0.15) is 11.6 Å². The van der Waals surface area contributed by atoms with E-state index in [-0.39, 0.29) is 24.1 Å². The molecule has 1 saturated heterocycles. The second kappa shape index (κ2) is 6.10. The predicted octanol–water partition coefficient (Wildman–Crippen LogP) is 2.07. The molecule has 1 aliphatic heterocycles. The summed E-state index contributed by atoms with van der Waals surface area (Å²) in [5.41, 5.74) is 0.237. The minimum Gasteiger partial charge on any atom is -0.341 e. The molecule has 1 aromatic carbocycles. The SMILES string of the molecule is CC(NCc1cc(F)ccc1F)C(=O)N1CCCC1. The van der Waals surface area contributed by atoms with Crippen molar-refractivity contribution in [2.45, 2.75) is 32.4 Å². The molecule has 1 fully saturated rings. The molecule has 2 rings (SSSR count). The molecule has 1 unspecified atom stereocenters. The maximum absolute atomic E-state index is 13.4. The van der Waals surface area contributed by atoms with Crippen molar-refractivity contribution < 1.29 is 13.6 Å². The highest BCUT2D eigenvalue weighted by atomic mass is 19.1. The molecule has 1 heterocycles. The molecule has 0 aliphatic carbocycles. The number of halogens is 2. The van der Waals surface area contributed by atoms with E-state index in [9.17, 15) is 13.6 Å². The third-order valence-electron chi connectivity index (χ3n) is 3.39. The van der Waals surface area contributed by atoms with E-state index >= 15 is 0 Å². The maximum Gasteiger partial charge on any atom is 0.239 e. The van der Waals surface area contributed by atoms with Crippen LogP contribution in [0.5, 0.6) is 0 Å². The Balaban J connectivity index is 1.90. The summed E-state index contributed by atoms with van der Waals surface area (Å²) in [5.74, 6) is -0.916. The summed E-state index contributed by atoms with van der Waals surface area (Å²) in [4.78, 5) is 13.8. The average Bonchev–Trinajstić information content (AvgIpc) is 2.92. The highest BCUT2D eigenvalue weighted by Gasteiger charge is 2.22. The van der Waals surface area contributed by atoms with Gasteiger partial charge in [0.2, 0.25) is 5.91 Å². The van der Waals surface area contributed by atoms with Crippen LogP contribution < -0.4 is 5.32 Å². The van der Waals surface area contributed by atoms with Gasteiger partial charge in [-0.25, -0.2) is 8.78 Å². The standard InChI is InChI=1S/C14H18F2N2O/c1-10(14(19)18-6-2-3-7-18)17-9-11-8-12(15)4-5-13(11)16/h4-5,8,10,17H,2-3,6-7,9H2,1H3. The molecular weight excluding hydrogens is 250 g/mol. The first-order valence-electron chi connectivity index (χ1n) is 6.54. The summed E-state index contributed by atoms with van der Waals surface area (Å²) in [6.07, 6.45) is 2.08. The average molecular weight is 268 g/mol. The van der Waals surface area contributed by atoms with Crippen LogP contribution in [0.4, 0.5) is 8.78 Å². The second-order valence-corrected chi connectivity index (χ2v) is 4.87. The van der Waals surface area contributed by atoms with Gasteiger partial charge in [0.05, 0.1) is 6.04 Å². The van der Waals surface area contributed by atoms with Gasteiger partial charge in [-0.2, -0.15) is 0 Å². The zero-order valence-electron chi connectivity index (χ0n) is 11.0. The molecule has 1 atom stereocenters. The van der Waals surface area contributed by atoms with E-state index in [1.54, 1.807) is 11.8 Å². The summed E-state index contributed by atoms with van der Waals surface area (Å²) in [6.45, 7) is 3.47. The molecule has 1 aliphatic rings. The van der Waals surface area contributed by atoms with Crippen molar-refractivity contribution >= 4 is 5.91 Å². The molecule has 0 spiro atoms. The number of carbonyl (C=O) groups excluding carboxylic acids is 1. The number of amides is 1. The Hall–Kier alpha value is -1.49. The number of benzene rings is 1. The quantitative estimate of drug-likeness (QED) is 0.906. The molecule has 0 aromatic heterocycles. The van der Waals surface area contributed by atoms with Crippen molar-refractivity contribution in [1.29, 1.82) is 0 Å². The third kappa shape index (κ3) is 3.50. The van der Waals surface area contributed by atoms with Gasteiger partial charge in [0.15, 0.2) is 0 Å². The summed E-state index contributed by atoms with van der Waals surface area (Å²) in [7, 11) is 0. The lowest BCUT2D eigenvalue weighted by Gasteiger charge is -2.21. The van der Waals surface area contributed by atoms with Crippen LogP contribution in [0.25, 0.3) is 0 Å². The lowest BCUT2D eigenvalue weighted by Crippen LogP contribution is -2.43. The van der Waals surface area contributed by atoms with Crippen LogP contribution in [-0.4, -0.2) is 29.9 Å². The topological polar surface area (TPSA) is 32.3 Å². The van der Waals surface area contributed by atoms with Crippen molar-refractivity contribution in [3.05, 3.63) is 35.4 Å². The summed E-state index contributed by atoms with van der Waals surface area (Å²) >= 11 is 0. The van der Waals surface area contributed by atoms with E-state index in [0.29, 0.717) is 0 Å². The van der Waals surface area contributed by atoms with Crippen molar-refractivity contribution in [3.8, 4) is 0 Å². The molecule has 1 aromatic rings. The van der Waals surface area contributed by atoms with E-state index < -0.39 is 11.6 Å². The molecule has 104 valence electrons. The molecule has 1 amide bonds. The van der Waals surface area contributed by atoms with Crippen molar-refractivity contribution in [2.75, 3.05) is 13.1 Å². The van der Waals surface area contributed by atoms with Crippen LogP contribution in [0.3, 0.4) is 0 Å². The number of carbonyl (C=O) groups is 1. The van der Waals surface area contributed by atoms with Crippen LogP contribution in [0.15, 0.2) is 18.2 Å². The van der Waals surface area contributed by atoms with E-state index in [0.717, 1.165) is 44.1 Å². The van der Waals surface area contributed by atoms with Gasteiger partial charge in [-0.1, -0.05) is 0 Å². The summed E-state index contributed by atoms with van der Waals surface area (Å²) in [6, 6.07) is 2.94. The first kappa shape index (κ1) is 13.9. The van der Waals surface area contributed by atoms with Crippen LogP contribution in [0, 0.1) is 11.6 Å². The summed E-state index contributed by atoms with van der Waals surface area (Å²) in [5, 5.41) is 2.95. The lowest BCUT2D eigenvalue weighted by molar-refractivity contribution is -0.131. The fourth-order valence-electron chi connectivity index (χ4n) is 2.24.